The van der Waals surface area contributed by atoms with E-state index in [2.05, 4.69) is 21.6 Å². The molecule has 0 heterocycles. The van der Waals surface area contributed by atoms with Crippen LogP contribution >= 0.6 is 0 Å². The first kappa shape index (κ1) is 15.3. The van der Waals surface area contributed by atoms with Gasteiger partial charge in [-0.15, -0.1) is 5.53 Å². The summed E-state index contributed by atoms with van der Waals surface area (Å²) in [6.45, 7) is 3.07. The van der Waals surface area contributed by atoms with E-state index in [1.807, 2.05) is 0 Å². The molecule has 0 saturated carbocycles. The number of hydroxylamine groups is 1. The van der Waals surface area contributed by atoms with Crippen LogP contribution in [0.15, 0.2) is 17.9 Å². The van der Waals surface area contributed by atoms with E-state index in [1.165, 1.54) is 0 Å². The molecule has 0 spiro atoms. The summed E-state index contributed by atoms with van der Waals surface area (Å²) in [4.78, 5) is 38.8. The molecule has 0 rings (SSSR count). The first-order valence-electron chi connectivity index (χ1n) is 4.55. The lowest BCUT2D eigenvalue weighted by Gasteiger charge is -2.16. The van der Waals surface area contributed by atoms with Crippen molar-refractivity contribution in [1.29, 1.82) is 0 Å². The van der Waals surface area contributed by atoms with E-state index >= 15 is 0 Å². The van der Waals surface area contributed by atoms with Crippen LogP contribution in [0.4, 0.5) is 0 Å². The zero-order chi connectivity index (χ0) is 14.1. The second-order valence-electron chi connectivity index (χ2n) is 2.88. The van der Waals surface area contributed by atoms with E-state index in [0.29, 0.717) is 0 Å². The lowest BCUT2D eigenvalue weighted by Crippen LogP contribution is -2.39. The van der Waals surface area contributed by atoms with Crippen LogP contribution in [0.5, 0.6) is 0 Å². The van der Waals surface area contributed by atoms with E-state index < -0.39 is 36.8 Å². The van der Waals surface area contributed by atoms with E-state index in [0.717, 1.165) is 6.08 Å². The minimum Gasteiger partial charge on any atom is -0.481 e. The maximum Gasteiger partial charge on any atom is 0.380 e. The second-order valence-corrected chi connectivity index (χ2v) is 2.88. The number of rotatable bonds is 8. The molecule has 2 N–H and O–H groups in total. The first-order chi connectivity index (χ1) is 8.42. The molecule has 10 heteroatoms. The molecule has 0 aliphatic heterocycles. The van der Waals surface area contributed by atoms with Gasteiger partial charge in [-0.25, -0.2) is 9.59 Å². The smallest absolute Gasteiger partial charge is 0.380 e. The molecular weight excluding hydrogens is 248 g/mol. The Morgan fingerprint density at radius 2 is 2.11 bits per heavy atom. The standard InChI is InChI=1S/C8H10N4O6/c1-2-7(15)18-12(11-10-9)5(8(16)17)3-4-6(13)14/h2,5H,1,3-4H2,(H,13,14)(H,16,17)/t5-/m0/s1. The van der Waals surface area contributed by atoms with Gasteiger partial charge in [0.25, 0.3) is 0 Å². The largest absolute Gasteiger partial charge is 0.481 e. The third-order valence-electron chi connectivity index (χ3n) is 1.66. The summed E-state index contributed by atoms with van der Waals surface area (Å²) in [5, 5.41) is 20.3. The molecule has 0 aliphatic carbocycles. The highest BCUT2D eigenvalue weighted by Gasteiger charge is 2.32. The number of azide groups is 1. The van der Waals surface area contributed by atoms with Gasteiger partial charge in [-0.3, -0.25) is 9.63 Å². The van der Waals surface area contributed by atoms with Gasteiger partial charge >= 0.3 is 17.9 Å². The molecule has 0 fully saturated rings. The van der Waals surface area contributed by atoms with Crippen LogP contribution in [0.1, 0.15) is 12.8 Å². The van der Waals surface area contributed by atoms with Crippen molar-refractivity contribution in [1.82, 2.24) is 5.17 Å². The zero-order valence-electron chi connectivity index (χ0n) is 9.09. The molecule has 0 aromatic heterocycles. The highest BCUT2D eigenvalue weighted by molar-refractivity contribution is 5.81. The van der Waals surface area contributed by atoms with Crippen molar-refractivity contribution in [3.63, 3.8) is 0 Å². The Balaban J connectivity index is 4.91. The molecule has 0 unspecified atom stereocenters. The minimum atomic E-state index is -1.60. The summed E-state index contributed by atoms with van der Waals surface area (Å²) in [7, 11) is 0. The highest BCUT2D eigenvalue weighted by Crippen LogP contribution is 2.10. The summed E-state index contributed by atoms with van der Waals surface area (Å²) >= 11 is 0. The van der Waals surface area contributed by atoms with Gasteiger partial charge in [0.2, 0.25) is 6.04 Å². The Hall–Kier alpha value is -2.74. The van der Waals surface area contributed by atoms with Gasteiger partial charge in [-0.1, -0.05) is 6.58 Å². The van der Waals surface area contributed by atoms with Gasteiger partial charge in [-0.05, 0) is 5.17 Å². The number of hydrogen-bond donors (Lipinski definition) is 2. The van der Waals surface area contributed by atoms with Crippen molar-refractivity contribution in [3.05, 3.63) is 23.1 Å². The number of carboxylic acid groups (broad SMARTS) is 2. The van der Waals surface area contributed by atoms with Crippen molar-refractivity contribution in [2.75, 3.05) is 0 Å². The fourth-order valence-electron chi connectivity index (χ4n) is 0.902. The van der Waals surface area contributed by atoms with Crippen LogP contribution < -0.4 is 0 Å². The molecule has 0 amide bonds. The van der Waals surface area contributed by atoms with Crippen LogP contribution in [0.2, 0.25) is 0 Å². The number of carboxylic acids is 2. The fourth-order valence-corrected chi connectivity index (χ4v) is 0.902. The molecular formula is C8H10N4O6. The number of carbonyl (C=O) groups is 3. The lowest BCUT2D eigenvalue weighted by molar-refractivity contribution is -0.203. The number of nitrogens with zero attached hydrogens (tertiary/aromatic N) is 4. The monoisotopic (exact) mass is 258 g/mol. The van der Waals surface area contributed by atoms with Gasteiger partial charge in [-0.2, -0.15) is 4.91 Å². The van der Waals surface area contributed by atoms with Crippen molar-refractivity contribution < 1.29 is 29.4 Å². The lowest BCUT2D eigenvalue weighted by atomic mass is 10.1. The third-order valence-corrected chi connectivity index (χ3v) is 1.66. The fraction of sp³-hybridized carbons (Fsp3) is 0.375. The average Bonchev–Trinajstić information content (AvgIpc) is 2.28. The van der Waals surface area contributed by atoms with E-state index in [1.54, 1.807) is 0 Å². The quantitative estimate of drug-likeness (QED) is 0.211. The van der Waals surface area contributed by atoms with Crippen LogP contribution in [0.3, 0.4) is 0 Å². The van der Waals surface area contributed by atoms with E-state index in [4.69, 9.17) is 15.7 Å². The molecule has 0 radical (unpaired) electrons. The summed E-state index contributed by atoms with van der Waals surface area (Å²) in [5.41, 5.74) is 8.22. The number of aliphatic carboxylic acids is 2. The van der Waals surface area contributed by atoms with Crippen molar-refractivity contribution >= 4 is 17.9 Å². The Labute approximate surface area is 101 Å². The van der Waals surface area contributed by atoms with Gasteiger partial charge in [0, 0.05) is 17.7 Å². The molecule has 0 aliphatic rings. The van der Waals surface area contributed by atoms with Gasteiger partial charge in [0.15, 0.2) is 0 Å². The van der Waals surface area contributed by atoms with Gasteiger partial charge in [0.05, 0.1) is 6.42 Å². The van der Waals surface area contributed by atoms with Crippen LogP contribution in [0, 0.1) is 0 Å². The summed E-state index contributed by atoms with van der Waals surface area (Å²) < 4.78 is 0. The molecule has 0 aromatic carbocycles. The highest BCUT2D eigenvalue weighted by atomic mass is 16.7. The van der Waals surface area contributed by atoms with Gasteiger partial charge < -0.3 is 10.2 Å². The predicted molar refractivity (Wildman–Crippen MR) is 55.6 cm³/mol. The molecule has 0 bridgehead atoms. The van der Waals surface area contributed by atoms with Crippen molar-refractivity contribution in [2.24, 2.45) is 5.22 Å². The van der Waals surface area contributed by atoms with Crippen molar-refractivity contribution in [2.45, 2.75) is 18.9 Å². The van der Waals surface area contributed by atoms with Crippen molar-refractivity contribution in [3.8, 4) is 0 Å². The zero-order valence-corrected chi connectivity index (χ0v) is 9.09. The number of hydrogen-bond acceptors (Lipinski definition) is 5. The third kappa shape index (κ3) is 5.37. The van der Waals surface area contributed by atoms with Crippen LogP contribution in [0.25, 0.3) is 10.4 Å². The molecule has 0 aromatic rings. The average molecular weight is 258 g/mol. The maximum atomic E-state index is 10.9. The molecule has 98 valence electrons. The summed E-state index contributed by atoms with van der Waals surface area (Å²) in [6, 6.07) is -1.60. The first-order valence-corrected chi connectivity index (χ1v) is 4.55. The Morgan fingerprint density at radius 1 is 1.50 bits per heavy atom. The van der Waals surface area contributed by atoms with Crippen LogP contribution in [-0.4, -0.2) is 39.3 Å². The summed E-state index contributed by atoms with van der Waals surface area (Å²) in [5.74, 6) is -3.78. The predicted octanol–water partition coefficient (Wildman–Crippen LogP) is 0.476. The topological polar surface area (TPSA) is 153 Å². The van der Waals surface area contributed by atoms with Gasteiger partial charge in [0.1, 0.15) is 0 Å². The van der Waals surface area contributed by atoms with E-state index in [-0.39, 0.29) is 5.17 Å². The molecule has 18 heavy (non-hydrogen) atoms. The SMILES string of the molecule is C=CC(=O)ON(N=[N+]=[N-])[C@@H](CCC(=O)O)C(=O)O. The molecule has 10 nitrogen and oxygen atoms in total. The minimum absolute atomic E-state index is 0.190. The molecule has 0 saturated heterocycles. The number of carbonyl (C=O) groups excluding carboxylic acids is 1. The Bertz CT molecular complexity index is 402. The normalized spacial score (nSPS) is 10.7. The second kappa shape index (κ2) is 7.52. The summed E-state index contributed by atoms with van der Waals surface area (Å²) in [6.07, 6.45) is -0.176. The Kier molecular flexibility index (Phi) is 6.38. The maximum absolute atomic E-state index is 10.9. The van der Waals surface area contributed by atoms with Crippen LogP contribution in [-0.2, 0) is 19.2 Å². The van der Waals surface area contributed by atoms with E-state index in [9.17, 15) is 14.4 Å². The molecule has 1 atom stereocenters. The Morgan fingerprint density at radius 3 is 2.50 bits per heavy atom.